The molecule has 1 aliphatic rings. The van der Waals surface area contributed by atoms with Gasteiger partial charge in [-0.3, -0.25) is 4.98 Å². The summed E-state index contributed by atoms with van der Waals surface area (Å²) in [4.78, 5) is 4.65. The number of nitrogens with zero attached hydrogens (tertiary/aromatic N) is 1. The van der Waals surface area contributed by atoms with Crippen LogP contribution in [0.4, 0.5) is 0 Å². The highest BCUT2D eigenvalue weighted by Crippen LogP contribution is 2.36. The Kier molecular flexibility index (Phi) is 2.94. The number of aromatic nitrogens is 1. The molecule has 3 nitrogen and oxygen atoms in total. The molecule has 19 heavy (non-hydrogen) atoms. The molecule has 0 saturated heterocycles. The topological polar surface area (TPSA) is 47.0 Å². The van der Waals surface area contributed by atoms with Crippen LogP contribution >= 0.6 is 15.9 Å². The van der Waals surface area contributed by atoms with Crippen molar-refractivity contribution in [3.8, 4) is 0 Å². The van der Waals surface area contributed by atoms with Crippen molar-refractivity contribution < 1.29 is 8.42 Å². The lowest BCUT2D eigenvalue weighted by Gasteiger charge is -2.25. The summed E-state index contributed by atoms with van der Waals surface area (Å²) in [5.74, 6) is 0.204. The van der Waals surface area contributed by atoms with Crippen LogP contribution in [0.25, 0.3) is 10.9 Å². The molecule has 5 heteroatoms. The Morgan fingerprint density at radius 3 is 2.84 bits per heavy atom. The molecule has 0 fully saturated rings. The highest BCUT2D eigenvalue weighted by Gasteiger charge is 2.32. The average Bonchev–Trinajstić information content (AvgIpc) is 2.35. The summed E-state index contributed by atoms with van der Waals surface area (Å²) in [6.45, 7) is 3.76. The van der Waals surface area contributed by atoms with E-state index in [0.29, 0.717) is 6.42 Å². The van der Waals surface area contributed by atoms with Gasteiger partial charge in [0.05, 0.1) is 16.5 Å². The van der Waals surface area contributed by atoms with Crippen molar-refractivity contribution in [1.82, 2.24) is 4.98 Å². The molecule has 0 saturated carbocycles. The highest BCUT2D eigenvalue weighted by atomic mass is 79.9. The van der Waals surface area contributed by atoms with Gasteiger partial charge < -0.3 is 0 Å². The van der Waals surface area contributed by atoms with Gasteiger partial charge in [-0.15, -0.1) is 0 Å². The number of benzene rings is 1. The van der Waals surface area contributed by atoms with E-state index in [1.54, 1.807) is 6.92 Å². The van der Waals surface area contributed by atoms with Crippen LogP contribution in [0.15, 0.2) is 22.7 Å². The molecule has 1 unspecified atom stereocenters. The summed E-state index contributed by atoms with van der Waals surface area (Å²) in [5, 5.41) is 0.573. The van der Waals surface area contributed by atoms with E-state index in [1.165, 1.54) is 0 Å². The zero-order valence-electron chi connectivity index (χ0n) is 10.8. The quantitative estimate of drug-likeness (QED) is 0.739. The second kappa shape index (κ2) is 4.28. The van der Waals surface area contributed by atoms with Crippen LogP contribution in [0.1, 0.15) is 29.0 Å². The first-order valence-electron chi connectivity index (χ1n) is 6.20. The maximum absolute atomic E-state index is 12.1. The van der Waals surface area contributed by atoms with E-state index < -0.39 is 15.1 Å². The number of hydrogen-bond acceptors (Lipinski definition) is 3. The SMILES string of the molecule is Cc1c2c(nc3ccc(Br)cc13)CCS(=O)(=O)C2C. The molecule has 0 bridgehead atoms. The Bertz CT molecular complexity index is 784. The molecule has 1 aromatic heterocycles. The minimum Gasteiger partial charge on any atom is -0.252 e. The molecule has 0 spiro atoms. The van der Waals surface area contributed by atoms with E-state index in [-0.39, 0.29) is 5.75 Å². The van der Waals surface area contributed by atoms with Crippen molar-refractivity contribution in [2.24, 2.45) is 0 Å². The molecule has 0 aliphatic carbocycles. The Morgan fingerprint density at radius 2 is 2.11 bits per heavy atom. The molecular formula is C14H14BrNO2S. The monoisotopic (exact) mass is 339 g/mol. The molecule has 1 atom stereocenters. The van der Waals surface area contributed by atoms with Crippen LogP contribution in [0.3, 0.4) is 0 Å². The molecule has 3 rings (SSSR count). The van der Waals surface area contributed by atoms with Crippen LogP contribution < -0.4 is 0 Å². The van der Waals surface area contributed by atoms with Gasteiger partial charge in [0.25, 0.3) is 0 Å². The number of rotatable bonds is 0. The first-order valence-corrected chi connectivity index (χ1v) is 8.71. The molecule has 0 amide bonds. The molecule has 2 heterocycles. The average molecular weight is 340 g/mol. The van der Waals surface area contributed by atoms with Crippen molar-refractivity contribution in [3.63, 3.8) is 0 Å². The summed E-state index contributed by atoms with van der Waals surface area (Å²) in [5.41, 5.74) is 3.81. The fourth-order valence-electron chi connectivity index (χ4n) is 2.80. The number of sulfone groups is 1. The van der Waals surface area contributed by atoms with Crippen molar-refractivity contribution in [2.45, 2.75) is 25.5 Å². The maximum atomic E-state index is 12.1. The van der Waals surface area contributed by atoms with Crippen molar-refractivity contribution in [3.05, 3.63) is 39.5 Å². The minimum absolute atomic E-state index is 0.204. The second-order valence-corrected chi connectivity index (χ2v) is 8.37. The van der Waals surface area contributed by atoms with E-state index in [4.69, 9.17) is 0 Å². The lowest BCUT2D eigenvalue weighted by atomic mass is 9.98. The summed E-state index contributed by atoms with van der Waals surface area (Å²) >= 11 is 3.45. The fraction of sp³-hybridized carbons (Fsp3) is 0.357. The zero-order chi connectivity index (χ0) is 13.8. The number of fused-ring (bicyclic) bond motifs is 2. The standard InChI is InChI=1S/C14H14BrNO2S/c1-8-11-7-10(15)3-4-12(11)16-13-5-6-19(17,18)9(2)14(8)13/h3-4,7,9H,5-6H2,1-2H3. The zero-order valence-corrected chi connectivity index (χ0v) is 13.2. The predicted molar refractivity (Wildman–Crippen MR) is 80.1 cm³/mol. The molecule has 100 valence electrons. The summed E-state index contributed by atoms with van der Waals surface area (Å²) in [6, 6.07) is 5.94. The Labute approximate surface area is 121 Å². The van der Waals surface area contributed by atoms with Gasteiger partial charge in [-0.05, 0) is 43.2 Å². The Morgan fingerprint density at radius 1 is 1.37 bits per heavy atom. The summed E-state index contributed by atoms with van der Waals surface area (Å²) in [6.07, 6.45) is 0.523. The molecular weight excluding hydrogens is 326 g/mol. The number of hydrogen-bond donors (Lipinski definition) is 0. The van der Waals surface area contributed by atoms with E-state index in [0.717, 1.165) is 32.2 Å². The molecule has 1 aromatic carbocycles. The predicted octanol–water partition coefficient (Wildman–Crippen LogP) is 3.34. The first kappa shape index (κ1) is 13.1. The third kappa shape index (κ3) is 1.99. The third-order valence-corrected chi connectivity index (χ3v) is 6.48. The van der Waals surface area contributed by atoms with Crippen molar-refractivity contribution in [2.75, 3.05) is 5.75 Å². The van der Waals surface area contributed by atoms with Crippen LogP contribution in [0.5, 0.6) is 0 Å². The molecule has 1 aliphatic heterocycles. The smallest absolute Gasteiger partial charge is 0.157 e. The van der Waals surface area contributed by atoms with Gasteiger partial charge in [0, 0.05) is 22.0 Å². The Balaban J connectivity index is 2.38. The van der Waals surface area contributed by atoms with Gasteiger partial charge in [-0.1, -0.05) is 15.9 Å². The number of halogens is 1. The van der Waals surface area contributed by atoms with E-state index >= 15 is 0 Å². The summed E-state index contributed by atoms with van der Waals surface area (Å²) in [7, 11) is -3.03. The van der Waals surface area contributed by atoms with Gasteiger partial charge in [0.15, 0.2) is 9.84 Å². The van der Waals surface area contributed by atoms with Gasteiger partial charge in [0.2, 0.25) is 0 Å². The normalized spacial score (nSPS) is 21.3. The van der Waals surface area contributed by atoms with Gasteiger partial charge in [-0.25, -0.2) is 8.42 Å². The largest absolute Gasteiger partial charge is 0.252 e. The highest BCUT2D eigenvalue weighted by molar-refractivity contribution is 9.10. The fourth-order valence-corrected chi connectivity index (χ4v) is 4.66. The number of pyridine rings is 1. The molecule has 0 radical (unpaired) electrons. The molecule has 0 N–H and O–H groups in total. The lowest BCUT2D eigenvalue weighted by molar-refractivity contribution is 0.579. The van der Waals surface area contributed by atoms with E-state index in [2.05, 4.69) is 20.9 Å². The van der Waals surface area contributed by atoms with Crippen LogP contribution in [0.2, 0.25) is 0 Å². The van der Waals surface area contributed by atoms with Gasteiger partial charge in [-0.2, -0.15) is 0 Å². The van der Waals surface area contributed by atoms with Crippen molar-refractivity contribution >= 4 is 36.7 Å². The minimum atomic E-state index is -3.03. The van der Waals surface area contributed by atoms with E-state index in [1.807, 2.05) is 25.1 Å². The second-order valence-electron chi connectivity index (χ2n) is 5.02. The van der Waals surface area contributed by atoms with Crippen molar-refractivity contribution in [1.29, 1.82) is 0 Å². The maximum Gasteiger partial charge on any atom is 0.157 e. The van der Waals surface area contributed by atoms with Gasteiger partial charge >= 0.3 is 0 Å². The Hall–Kier alpha value is -0.940. The van der Waals surface area contributed by atoms with Crippen LogP contribution in [-0.2, 0) is 16.3 Å². The van der Waals surface area contributed by atoms with Crippen LogP contribution in [-0.4, -0.2) is 19.2 Å². The van der Waals surface area contributed by atoms with Gasteiger partial charge in [0.1, 0.15) is 0 Å². The van der Waals surface area contributed by atoms with Crippen LogP contribution in [0, 0.1) is 6.92 Å². The lowest BCUT2D eigenvalue weighted by Crippen LogP contribution is -2.25. The van der Waals surface area contributed by atoms with E-state index in [9.17, 15) is 8.42 Å². The molecule has 2 aromatic rings. The third-order valence-electron chi connectivity index (χ3n) is 3.90. The number of aryl methyl sites for hydroxylation is 2. The summed E-state index contributed by atoms with van der Waals surface area (Å²) < 4.78 is 25.1. The first-order chi connectivity index (χ1) is 8.90.